The van der Waals surface area contributed by atoms with Gasteiger partial charge in [-0.1, -0.05) is 18.2 Å². The average Bonchev–Trinajstić information content (AvgIpc) is 2.68. The average molecular weight is 367 g/mol. The van der Waals surface area contributed by atoms with Crippen LogP contribution in [0.1, 0.15) is 12.0 Å². The van der Waals surface area contributed by atoms with E-state index >= 15 is 0 Å². The van der Waals surface area contributed by atoms with Gasteiger partial charge in [-0.15, -0.1) is 0 Å². The van der Waals surface area contributed by atoms with E-state index in [0.717, 1.165) is 13.1 Å². The van der Waals surface area contributed by atoms with E-state index in [1.54, 1.807) is 36.3 Å². The molecule has 0 spiro atoms. The van der Waals surface area contributed by atoms with Crippen molar-refractivity contribution in [3.8, 4) is 5.75 Å². The van der Waals surface area contributed by atoms with Gasteiger partial charge in [0.2, 0.25) is 11.8 Å². The smallest absolute Gasteiger partial charge is 0.233 e. The molecule has 0 aliphatic carbocycles. The summed E-state index contributed by atoms with van der Waals surface area (Å²) >= 11 is 0. The third kappa shape index (κ3) is 5.00. The maximum Gasteiger partial charge on any atom is 0.233 e. The largest absolute Gasteiger partial charge is 0.497 e. The Morgan fingerprint density at radius 2 is 1.78 bits per heavy atom. The van der Waals surface area contributed by atoms with Gasteiger partial charge in [0, 0.05) is 43.6 Å². The lowest BCUT2D eigenvalue weighted by atomic mass is 10.2. The van der Waals surface area contributed by atoms with Crippen LogP contribution in [0.4, 0.5) is 11.4 Å². The number of nitrogens with one attached hydrogen (secondary N) is 1. The number of anilines is 2. The van der Waals surface area contributed by atoms with Crippen molar-refractivity contribution in [2.75, 3.05) is 43.5 Å². The molecule has 0 atom stereocenters. The Bertz CT molecular complexity index is 814. The minimum absolute atomic E-state index is 0.140. The molecule has 142 valence electrons. The van der Waals surface area contributed by atoms with Gasteiger partial charge in [-0.2, -0.15) is 0 Å². The van der Waals surface area contributed by atoms with Crippen molar-refractivity contribution >= 4 is 23.2 Å². The van der Waals surface area contributed by atoms with Gasteiger partial charge in [-0.05, 0) is 36.8 Å². The van der Waals surface area contributed by atoms with E-state index in [1.807, 2.05) is 6.07 Å². The third-order valence-corrected chi connectivity index (χ3v) is 4.66. The minimum Gasteiger partial charge on any atom is -0.497 e. The van der Waals surface area contributed by atoms with Gasteiger partial charge >= 0.3 is 0 Å². The molecule has 1 heterocycles. The molecule has 6 nitrogen and oxygen atoms in total. The van der Waals surface area contributed by atoms with Gasteiger partial charge < -0.3 is 19.9 Å². The third-order valence-electron chi connectivity index (χ3n) is 4.66. The van der Waals surface area contributed by atoms with E-state index in [4.69, 9.17) is 4.74 Å². The van der Waals surface area contributed by atoms with E-state index < -0.39 is 0 Å². The van der Waals surface area contributed by atoms with Crippen molar-refractivity contribution in [1.29, 1.82) is 0 Å². The molecule has 1 aliphatic heterocycles. The molecule has 3 rings (SSSR count). The second kappa shape index (κ2) is 8.58. The molecule has 27 heavy (non-hydrogen) atoms. The van der Waals surface area contributed by atoms with E-state index in [0.29, 0.717) is 24.5 Å². The fourth-order valence-electron chi connectivity index (χ4n) is 3.19. The summed E-state index contributed by atoms with van der Waals surface area (Å²) in [5.41, 5.74) is 3.02. The normalized spacial score (nSPS) is 14.0. The number of carbonyl (C=O) groups excluding carboxylic acids is 2. The Morgan fingerprint density at radius 1 is 1.04 bits per heavy atom. The van der Waals surface area contributed by atoms with Gasteiger partial charge in [0.05, 0.1) is 7.11 Å². The van der Waals surface area contributed by atoms with Crippen LogP contribution in [0.15, 0.2) is 48.5 Å². The molecule has 2 aromatic rings. The predicted molar refractivity (Wildman–Crippen MR) is 106 cm³/mol. The second-order valence-corrected chi connectivity index (χ2v) is 6.66. The predicted octanol–water partition coefficient (Wildman–Crippen LogP) is 2.68. The quantitative estimate of drug-likeness (QED) is 0.826. The number of benzene rings is 2. The Balaban J connectivity index is 1.49. The van der Waals surface area contributed by atoms with Crippen LogP contribution in [0, 0.1) is 6.92 Å². The highest BCUT2D eigenvalue weighted by molar-refractivity contribution is 6.03. The molecular weight excluding hydrogens is 342 g/mol. The zero-order valence-electron chi connectivity index (χ0n) is 15.8. The molecule has 2 aromatic carbocycles. The molecule has 6 heteroatoms. The highest BCUT2D eigenvalue weighted by atomic mass is 16.5. The Kier molecular flexibility index (Phi) is 5.96. The number of rotatable bonds is 5. The first-order chi connectivity index (χ1) is 13.0. The van der Waals surface area contributed by atoms with Crippen molar-refractivity contribution in [3.63, 3.8) is 0 Å². The van der Waals surface area contributed by atoms with Crippen molar-refractivity contribution in [1.82, 2.24) is 4.90 Å². The van der Waals surface area contributed by atoms with Crippen LogP contribution in [-0.2, 0) is 9.59 Å². The number of hydrogen-bond donors (Lipinski definition) is 1. The standard InChI is InChI=1S/C21H25N3O3/c1-16-5-3-7-18(13-16)23-9-11-24(12-10-23)21(26)15-20(25)22-17-6-4-8-19(14-17)27-2/h3-8,13-14H,9-12,15H2,1-2H3,(H,22,25). The minimum atomic E-state index is -0.311. The van der Waals surface area contributed by atoms with Gasteiger partial charge in [-0.3, -0.25) is 9.59 Å². The summed E-state index contributed by atoms with van der Waals surface area (Å²) in [7, 11) is 1.57. The van der Waals surface area contributed by atoms with Crippen LogP contribution in [0.5, 0.6) is 5.75 Å². The van der Waals surface area contributed by atoms with E-state index in [2.05, 4.69) is 35.3 Å². The first kappa shape index (κ1) is 18.8. The first-order valence-electron chi connectivity index (χ1n) is 9.08. The number of ether oxygens (including phenoxy) is 1. The van der Waals surface area contributed by atoms with Gasteiger partial charge in [0.25, 0.3) is 0 Å². The van der Waals surface area contributed by atoms with Crippen molar-refractivity contribution in [3.05, 3.63) is 54.1 Å². The van der Waals surface area contributed by atoms with Crippen molar-refractivity contribution < 1.29 is 14.3 Å². The number of amides is 2. The van der Waals surface area contributed by atoms with Crippen molar-refractivity contribution in [2.24, 2.45) is 0 Å². The highest BCUT2D eigenvalue weighted by Gasteiger charge is 2.23. The number of aryl methyl sites for hydroxylation is 1. The van der Waals surface area contributed by atoms with Crippen LogP contribution < -0.4 is 15.0 Å². The molecule has 1 fully saturated rings. The van der Waals surface area contributed by atoms with Crippen molar-refractivity contribution in [2.45, 2.75) is 13.3 Å². The Hall–Kier alpha value is -3.02. The lowest BCUT2D eigenvalue weighted by Crippen LogP contribution is -2.49. The highest BCUT2D eigenvalue weighted by Crippen LogP contribution is 2.19. The van der Waals surface area contributed by atoms with E-state index in [-0.39, 0.29) is 18.2 Å². The summed E-state index contributed by atoms with van der Waals surface area (Å²) in [5, 5.41) is 2.75. The van der Waals surface area contributed by atoms with Crippen LogP contribution >= 0.6 is 0 Å². The van der Waals surface area contributed by atoms with Gasteiger partial charge in [0.15, 0.2) is 0 Å². The molecule has 1 saturated heterocycles. The number of hydrogen-bond acceptors (Lipinski definition) is 4. The van der Waals surface area contributed by atoms with E-state index in [9.17, 15) is 9.59 Å². The number of piperazine rings is 1. The molecule has 2 amide bonds. The first-order valence-corrected chi connectivity index (χ1v) is 9.08. The van der Waals surface area contributed by atoms with Gasteiger partial charge in [0.1, 0.15) is 12.2 Å². The molecule has 0 radical (unpaired) electrons. The van der Waals surface area contributed by atoms with Gasteiger partial charge in [-0.25, -0.2) is 0 Å². The zero-order valence-corrected chi connectivity index (χ0v) is 15.8. The Morgan fingerprint density at radius 3 is 2.48 bits per heavy atom. The fraction of sp³-hybridized carbons (Fsp3) is 0.333. The monoisotopic (exact) mass is 367 g/mol. The van der Waals surface area contributed by atoms with Crippen LogP contribution in [0.2, 0.25) is 0 Å². The molecule has 1 aliphatic rings. The zero-order chi connectivity index (χ0) is 19.2. The molecule has 0 unspecified atom stereocenters. The summed E-state index contributed by atoms with van der Waals surface area (Å²) in [6.07, 6.45) is -0.151. The van der Waals surface area contributed by atoms with E-state index in [1.165, 1.54) is 11.3 Å². The summed E-state index contributed by atoms with van der Waals surface area (Å²) in [4.78, 5) is 28.7. The SMILES string of the molecule is COc1cccc(NC(=O)CC(=O)N2CCN(c3cccc(C)c3)CC2)c1. The maximum atomic E-state index is 12.4. The number of methoxy groups -OCH3 is 1. The molecular formula is C21H25N3O3. The van der Waals surface area contributed by atoms with Crippen LogP contribution in [0.25, 0.3) is 0 Å². The van der Waals surface area contributed by atoms with Crippen LogP contribution in [0.3, 0.4) is 0 Å². The molecule has 0 saturated carbocycles. The summed E-state index contributed by atoms with van der Waals surface area (Å²) < 4.78 is 5.14. The molecule has 0 bridgehead atoms. The lowest BCUT2D eigenvalue weighted by molar-refractivity contribution is -0.134. The lowest BCUT2D eigenvalue weighted by Gasteiger charge is -2.36. The topological polar surface area (TPSA) is 61.9 Å². The summed E-state index contributed by atoms with van der Waals surface area (Å²) in [6, 6.07) is 15.4. The molecule has 1 N–H and O–H groups in total. The molecule has 0 aromatic heterocycles. The number of nitrogens with zero attached hydrogens (tertiary/aromatic N) is 2. The maximum absolute atomic E-state index is 12.4. The number of carbonyl (C=O) groups is 2. The Labute approximate surface area is 159 Å². The van der Waals surface area contributed by atoms with Crippen LogP contribution in [-0.4, -0.2) is 50.0 Å². The fourth-order valence-corrected chi connectivity index (χ4v) is 3.19. The summed E-state index contributed by atoms with van der Waals surface area (Å²) in [5.74, 6) is 0.208. The second-order valence-electron chi connectivity index (χ2n) is 6.66. The summed E-state index contributed by atoms with van der Waals surface area (Å²) in [6.45, 7) is 4.86.